The summed E-state index contributed by atoms with van der Waals surface area (Å²) in [5.74, 6) is 0.0865. The Kier molecular flexibility index (Phi) is 4.53. The second-order valence-electron chi connectivity index (χ2n) is 6.73. The highest BCUT2D eigenvalue weighted by Gasteiger charge is 2.25. The molecule has 1 aliphatic rings. The zero-order chi connectivity index (χ0) is 17.9. The zero-order valence-corrected chi connectivity index (χ0v) is 15.0. The van der Waals surface area contributed by atoms with E-state index >= 15 is 0 Å². The van der Waals surface area contributed by atoms with Crippen molar-refractivity contribution in [3.8, 4) is 11.1 Å². The summed E-state index contributed by atoms with van der Waals surface area (Å²) >= 11 is 0. The molecular weight excluding hydrogens is 320 g/mol. The van der Waals surface area contributed by atoms with E-state index in [1.165, 1.54) is 16.7 Å². The van der Waals surface area contributed by atoms with E-state index in [0.717, 1.165) is 42.6 Å². The van der Waals surface area contributed by atoms with Crippen LogP contribution in [0.25, 0.3) is 11.1 Å². The number of benzene rings is 2. The number of pyridine rings is 1. The molecule has 0 bridgehead atoms. The molecule has 26 heavy (non-hydrogen) atoms. The van der Waals surface area contributed by atoms with Crippen molar-refractivity contribution in [3.05, 3.63) is 83.7 Å². The Morgan fingerprint density at radius 2 is 1.77 bits per heavy atom. The van der Waals surface area contributed by atoms with Crippen molar-refractivity contribution >= 4 is 11.6 Å². The summed E-state index contributed by atoms with van der Waals surface area (Å²) in [6.45, 7) is 2.91. The molecule has 0 fully saturated rings. The third-order valence-corrected chi connectivity index (χ3v) is 4.97. The Bertz CT molecular complexity index is 917. The normalized spacial score (nSPS) is 12.9. The molecule has 0 spiro atoms. The lowest BCUT2D eigenvalue weighted by atomic mass is 10.0. The molecule has 1 aromatic heterocycles. The standard InChI is InChI=1S/C23H22N2O/c1-2-3-17-4-6-19(7-5-17)23(26)25-15-12-21-16-20(8-9-22(21)25)18-10-13-24-14-11-18/h4-11,13-14,16H,2-3,12,15H2,1H3. The second kappa shape index (κ2) is 7.12. The lowest BCUT2D eigenvalue weighted by Crippen LogP contribution is -2.28. The largest absolute Gasteiger partial charge is 0.308 e. The van der Waals surface area contributed by atoms with Gasteiger partial charge in [0.1, 0.15) is 0 Å². The van der Waals surface area contributed by atoms with Crippen molar-refractivity contribution in [1.29, 1.82) is 0 Å². The van der Waals surface area contributed by atoms with Gasteiger partial charge in [0.25, 0.3) is 5.91 Å². The molecule has 0 saturated carbocycles. The molecule has 0 saturated heterocycles. The second-order valence-corrected chi connectivity index (χ2v) is 6.73. The van der Waals surface area contributed by atoms with E-state index in [-0.39, 0.29) is 5.91 Å². The van der Waals surface area contributed by atoms with Gasteiger partial charge in [0, 0.05) is 30.2 Å². The minimum atomic E-state index is 0.0865. The lowest BCUT2D eigenvalue weighted by molar-refractivity contribution is 0.0989. The van der Waals surface area contributed by atoms with Gasteiger partial charge >= 0.3 is 0 Å². The average molecular weight is 342 g/mol. The van der Waals surface area contributed by atoms with Crippen molar-refractivity contribution < 1.29 is 4.79 Å². The number of aryl methyl sites for hydroxylation is 1. The number of carbonyl (C=O) groups is 1. The number of hydrogen-bond donors (Lipinski definition) is 0. The van der Waals surface area contributed by atoms with Crippen LogP contribution in [0.1, 0.15) is 34.8 Å². The third-order valence-electron chi connectivity index (χ3n) is 4.97. The number of anilines is 1. The summed E-state index contributed by atoms with van der Waals surface area (Å²) in [4.78, 5) is 18.9. The number of carbonyl (C=O) groups excluding carboxylic acids is 1. The minimum Gasteiger partial charge on any atom is -0.308 e. The van der Waals surface area contributed by atoms with Crippen LogP contribution in [0.4, 0.5) is 5.69 Å². The topological polar surface area (TPSA) is 33.2 Å². The molecule has 3 nitrogen and oxygen atoms in total. The summed E-state index contributed by atoms with van der Waals surface area (Å²) in [6.07, 6.45) is 6.68. The zero-order valence-electron chi connectivity index (χ0n) is 15.0. The van der Waals surface area contributed by atoms with E-state index in [4.69, 9.17) is 0 Å². The highest BCUT2D eigenvalue weighted by atomic mass is 16.2. The van der Waals surface area contributed by atoms with Gasteiger partial charge in [0.05, 0.1) is 0 Å². The quantitative estimate of drug-likeness (QED) is 0.675. The highest BCUT2D eigenvalue weighted by molar-refractivity contribution is 6.07. The molecule has 2 aromatic carbocycles. The Hall–Kier alpha value is -2.94. The van der Waals surface area contributed by atoms with Crippen molar-refractivity contribution in [3.63, 3.8) is 0 Å². The Morgan fingerprint density at radius 1 is 1.00 bits per heavy atom. The van der Waals surface area contributed by atoms with Gasteiger partial charge in [0.15, 0.2) is 0 Å². The van der Waals surface area contributed by atoms with Gasteiger partial charge in [-0.1, -0.05) is 31.5 Å². The molecule has 0 radical (unpaired) electrons. The predicted octanol–water partition coefficient (Wildman–Crippen LogP) is 4.90. The van der Waals surface area contributed by atoms with Crippen LogP contribution in [0.2, 0.25) is 0 Å². The lowest BCUT2D eigenvalue weighted by Gasteiger charge is -2.18. The SMILES string of the molecule is CCCc1ccc(C(=O)N2CCc3cc(-c4ccncc4)ccc32)cc1. The molecule has 0 N–H and O–H groups in total. The van der Waals surface area contributed by atoms with Crippen LogP contribution >= 0.6 is 0 Å². The van der Waals surface area contributed by atoms with E-state index in [9.17, 15) is 4.79 Å². The van der Waals surface area contributed by atoms with Crippen molar-refractivity contribution in [2.75, 3.05) is 11.4 Å². The van der Waals surface area contributed by atoms with Crippen LogP contribution < -0.4 is 4.90 Å². The maximum Gasteiger partial charge on any atom is 0.258 e. The van der Waals surface area contributed by atoms with Crippen molar-refractivity contribution in [2.24, 2.45) is 0 Å². The number of nitrogens with zero attached hydrogens (tertiary/aromatic N) is 2. The summed E-state index contributed by atoms with van der Waals surface area (Å²) in [7, 11) is 0. The van der Waals surface area contributed by atoms with Crippen LogP contribution in [-0.2, 0) is 12.8 Å². The van der Waals surface area contributed by atoms with E-state index in [2.05, 4.69) is 42.2 Å². The maximum atomic E-state index is 13.0. The maximum absolute atomic E-state index is 13.0. The fourth-order valence-electron chi connectivity index (χ4n) is 3.60. The first-order valence-corrected chi connectivity index (χ1v) is 9.20. The molecule has 130 valence electrons. The molecule has 1 amide bonds. The van der Waals surface area contributed by atoms with Crippen LogP contribution in [0.15, 0.2) is 67.0 Å². The highest BCUT2D eigenvalue weighted by Crippen LogP contribution is 2.33. The number of fused-ring (bicyclic) bond motifs is 1. The van der Waals surface area contributed by atoms with Gasteiger partial charge in [-0.05, 0) is 71.5 Å². The smallest absolute Gasteiger partial charge is 0.258 e. The Morgan fingerprint density at radius 3 is 2.50 bits per heavy atom. The minimum absolute atomic E-state index is 0.0865. The van der Waals surface area contributed by atoms with Crippen LogP contribution in [-0.4, -0.2) is 17.4 Å². The molecule has 2 heterocycles. The molecular formula is C23H22N2O. The molecule has 3 heteroatoms. The summed E-state index contributed by atoms with van der Waals surface area (Å²) in [5.41, 5.74) is 6.63. The van der Waals surface area contributed by atoms with Gasteiger partial charge in [-0.3, -0.25) is 9.78 Å². The average Bonchev–Trinajstić information content (AvgIpc) is 3.12. The summed E-state index contributed by atoms with van der Waals surface area (Å²) in [5, 5.41) is 0. The Labute approximate surface area is 154 Å². The van der Waals surface area contributed by atoms with Gasteiger partial charge < -0.3 is 4.90 Å². The first kappa shape index (κ1) is 16.5. The first-order chi connectivity index (χ1) is 12.8. The van der Waals surface area contributed by atoms with Gasteiger partial charge in [-0.2, -0.15) is 0 Å². The molecule has 0 aliphatic carbocycles. The molecule has 0 atom stereocenters. The fourth-order valence-corrected chi connectivity index (χ4v) is 3.60. The van der Waals surface area contributed by atoms with E-state index < -0.39 is 0 Å². The summed E-state index contributed by atoms with van der Waals surface area (Å²) in [6, 6.07) is 18.4. The molecule has 4 rings (SSSR count). The van der Waals surface area contributed by atoms with Gasteiger partial charge in [-0.15, -0.1) is 0 Å². The fraction of sp³-hybridized carbons (Fsp3) is 0.217. The molecule has 0 unspecified atom stereocenters. The molecule has 1 aliphatic heterocycles. The first-order valence-electron chi connectivity index (χ1n) is 9.20. The number of hydrogen-bond acceptors (Lipinski definition) is 2. The van der Waals surface area contributed by atoms with Crippen LogP contribution in [0.5, 0.6) is 0 Å². The number of aromatic nitrogens is 1. The van der Waals surface area contributed by atoms with Crippen LogP contribution in [0.3, 0.4) is 0 Å². The summed E-state index contributed by atoms with van der Waals surface area (Å²) < 4.78 is 0. The Balaban J connectivity index is 1.58. The van der Waals surface area contributed by atoms with Crippen molar-refractivity contribution in [2.45, 2.75) is 26.2 Å². The monoisotopic (exact) mass is 342 g/mol. The third kappa shape index (κ3) is 3.13. The predicted molar refractivity (Wildman–Crippen MR) is 105 cm³/mol. The van der Waals surface area contributed by atoms with E-state index in [1.54, 1.807) is 12.4 Å². The van der Waals surface area contributed by atoms with Gasteiger partial charge in [0.2, 0.25) is 0 Å². The van der Waals surface area contributed by atoms with E-state index in [1.807, 2.05) is 29.2 Å². The van der Waals surface area contributed by atoms with Crippen LogP contribution in [0, 0.1) is 0 Å². The van der Waals surface area contributed by atoms with Crippen molar-refractivity contribution in [1.82, 2.24) is 4.98 Å². The number of amides is 1. The van der Waals surface area contributed by atoms with E-state index in [0.29, 0.717) is 0 Å². The van der Waals surface area contributed by atoms with Gasteiger partial charge in [-0.25, -0.2) is 0 Å². The molecule has 3 aromatic rings. The number of rotatable bonds is 4.